The van der Waals surface area contributed by atoms with Gasteiger partial charge in [0.25, 0.3) is 0 Å². The first kappa shape index (κ1) is 38.1. The molecule has 6 atom stereocenters. The summed E-state index contributed by atoms with van der Waals surface area (Å²) in [7, 11) is 0. The Morgan fingerprint density at radius 2 is 1.20 bits per heavy atom. The number of hydrogen-bond donors (Lipinski definition) is 0. The maximum absolute atomic E-state index is 2.92. The molecule has 2 saturated carbocycles. The average Bonchev–Trinajstić information content (AvgIpc) is 3.84. The van der Waals surface area contributed by atoms with Crippen LogP contribution >= 0.6 is 0 Å². The molecule has 2 fully saturated rings. The summed E-state index contributed by atoms with van der Waals surface area (Å²) >= 11 is -2.92. The van der Waals surface area contributed by atoms with E-state index in [0.29, 0.717) is 21.4 Å². The molecular formula is C51H52Cl2Zr. The second kappa shape index (κ2) is 14.6. The van der Waals surface area contributed by atoms with E-state index < -0.39 is 21.3 Å². The molecule has 0 nitrogen and oxygen atoms in total. The van der Waals surface area contributed by atoms with E-state index in [1.165, 1.54) is 71.2 Å². The number of fused-ring (bicyclic) bond motifs is 9. The Balaban J connectivity index is 0.00000207. The van der Waals surface area contributed by atoms with Crippen LogP contribution < -0.4 is 24.8 Å². The first-order valence-electron chi connectivity index (χ1n) is 20.2. The van der Waals surface area contributed by atoms with E-state index >= 15 is 0 Å². The molecule has 0 aromatic heterocycles. The second-order valence-electron chi connectivity index (χ2n) is 17.7. The van der Waals surface area contributed by atoms with E-state index in [1.54, 1.807) is 14.3 Å². The van der Waals surface area contributed by atoms with Crippen LogP contribution in [0.4, 0.5) is 0 Å². The van der Waals surface area contributed by atoms with Crippen LogP contribution in [-0.2, 0) is 27.7 Å². The molecule has 3 heteroatoms. The number of allylic oxidation sites excluding steroid dienone is 6. The third kappa shape index (κ3) is 5.73. The van der Waals surface area contributed by atoms with Gasteiger partial charge in [0.15, 0.2) is 0 Å². The van der Waals surface area contributed by atoms with Crippen molar-refractivity contribution in [2.45, 2.75) is 78.9 Å². The monoisotopic (exact) mass is 824 g/mol. The topological polar surface area (TPSA) is 0 Å². The maximum atomic E-state index is 2.86. The van der Waals surface area contributed by atoms with Gasteiger partial charge in [0, 0.05) is 0 Å². The molecule has 10 rings (SSSR count). The number of benzene rings is 5. The van der Waals surface area contributed by atoms with Gasteiger partial charge in [0.1, 0.15) is 0 Å². The fraction of sp³-hybridized carbons (Fsp3) is 0.353. The van der Waals surface area contributed by atoms with Gasteiger partial charge in [-0.15, -0.1) is 0 Å². The van der Waals surface area contributed by atoms with Gasteiger partial charge >= 0.3 is 321 Å². The molecule has 274 valence electrons. The van der Waals surface area contributed by atoms with Gasteiger partial charge in [0.05, 0.1) is 0 Å². The van der Waals surface area contributed by atoms with Gasteiger partial charge in [-0.05, 0) is 0 Å². The zero-order chi connectivity index (χ0) is 35.2. The zero-order valence-electron chi connectivity index (χ0n) is 32.2. The summed E-state index contributed by atoms with van der Waals surface area (Å²) < 4.78 is 2.34. The van der Waals surface area contributed by atoms with E-state index in [0.717, 1.165) is 11.8 Å². The third-order valence-electron chi connectivity index (χ3n) is 15.3. The molecule has 0 saturated heterocycles. The van der Waals surface area contributed by atoms with Crippen molar-refractivity contribution in [2.75, 3.05) is 0 Å². The Morgan fingerprint density at radius 3 is 1.83 bits per heavy atom. The fourth-order valence-electron chi connectivity index (χ4n) is 12.3. The van der Waals surface area contributed by atoms with Crippen molar-refractivity contribution in [1.82, 2.24) is 0 Å². The quantitative estimate of drug-likeness (QED) is 0.166. The minimum atomic E-state index is -2.92. The number of hydrogen-bond acceptors (Lipinski definition) is 0. The van der Waals surface area contributed by atoms with Crippen LogP contribution in [0.25, 0.3) is 21.5 Å². The molecule has 0 bridgehead atoms. The molecule has 0 N–H and O–H groups in total. The second-order valence-corrected chi connectivity index (χ2v) is 25.1. The van der Waals surface area contributed by atoms with Crippen LogP contribution in [0.15, 0.2) is 145 Å². The van der Waals surface area contributed by atoms with Crippen LogP contribution in [-0.4, -0.2) is 3.21 Å². The van der Waals surface area contributed by atoms with Crippen molar-refractivity contribution in [1.29, 1.82) is 0 Å². The molecule has 5 aromatic rings. The smallest absolute Gasteiger partial charge is 1.00 e. The minimum Gasteiger partial charge on any atom is -1.00 e. The molecule has 0 amide bonds. The maximum Gasteiger partial charge on any atom is -1.00 e. The van der Waals surface area contributed by atoms with Gasteiger partial charge in [-0.2, -0.15) is 0 Å². The average molecular weight is 827 g/mol. The van der Waals surface area contributed by atoms with Crippen molar-refractivity contribution in [3.63, 3.8) is 0 Å². The number of rotatable bonds is 4. The molecule has 6 unspecified atom stereocenters. The van der Waals surface area contributed by atoms with Crippen LogP contribution in [0.3, 0.4) is 0 Å². The van der Waals surface area contributed by atoms with E-state index in [1.807, 2.05) is 11.1 Å². The summed E-state index contributed by atoms with van der Waals surface area (Å²) in [5, 5.41) is 5.38. The van der Waals surface area contributed by atoms with Crippen LogP contribution in [0.2, 0.25) is 6.75 Å². The minimum absolute atomic E-state index is 0. The molecule has 0 aliphatic heterocycles. The van der Waals surface area contributed by atoms with Gasteiger partial charge in [-0.3, -0.25) is 0 Å². The van der Waals surface area contributed by atoms with E-state index in [4.69, 9.17) is 0 Å². The summed E-state index contributed by atoms with van der Waals surface area (Å²) in [5.74, 6) is 3.60. The van der Waals surface area contributed by atoms with Crippen molar-refractivity contribution >= 4 is 24.8 Å². The molecule has 5 aliphatic rings. The largest absolute Gasteiger partial charge is 1.00 e. The Kier molecular flexibility index (Phi) is 10.3. The fourth-order valence-corrected chi connectivity index (χ4v) is 23.7. The summed E-state index contributed by atoms with van der Waals surface area (Å²) in [4.78, 5) is 0. The summed E-state index contributed by atoms with van der Waals surface area (Å²) in [5.41, 5.74) is 10.2. The Labute approximate surface area is 343 Å². The Bertz CT molecular complexity index is 2280. The summed E-state index contributed by atoms with van der Waals surface area (Å²) in [6, 6.07) is 42.6. The predicted molar refractivity (Wildman–Crippen MR) is 218 cm³/mol. The van der Waals surface area contributed by atoms with Crippen LogP contribution in [0.1, 0.15) is 88.0 Å². The summed E-state index contributed by atoms with van der Waals surface area (Å²) in [6.07, 6.45) is 18.2. The van der Waals surface area contributed by atoms with E-state index in [2.05, 4.69) is 161 Å². The van der Waals surface area contributed by atoms with Gasteiger partial charge in [-0.25, -0.2) is 0 Å². The van der Waals surface area contributed by atoms with Crippen molar-refractivity contribution in [3.05, 3.63) is 167 Å². The van der Waals surface area contributed by atoms with Gasteiger partial charge in [0.2, 0.25) is 0 Å². The van der Waals surface area contributed by atoms with Crippen molar-refractivity contribution in [3.8, 4) is 0 Å². The Morgan fingerprint density at radius 1 is 0.648 bits per heavy atom. The molecule has 0 radical (unpaired) electrons. The molecule has 54 heavy (non-hydrogen) atoms. The third-order valence-corrected chi connectivity index (χ3v) is 25.5. The van der Waals surface area contributed by atoms with Crippen molar-refractivity contribution < 1.29 is 46.1 Å². The Hall–Kier alpha value is -2.83. The number of halogens is 2. The molecule has 5 aromatic carbocycles. The molecule has 0 heterocycles. The van der Waals surface area contributed by atoms with Crippen LogP contribution in [0, 0.1) is 29.1 Å². The molecular weight excluding hydrogens is 775 g/mol. The predicted octanol–water partition coefficient (Wildman–Crippen LogP) is 7.42. The first-order valence-corrected chi connectivity index (χ1v) is 24.1. The van der Waals surface area contributed by atoms with E-state index in [-0.39, 0.29) is 33.4 Å². The van der Waals surface area contributed by atoms with Gasteiger partial charge in [-0.1, -0.05) is 0 Å². The normalized spacial score (nSPS) is 27.6. The van der Waals surface area contributed by atoms with Gasteiger partial charge < -0.3 is 24.8 Å². The standard InChI is InChI=1S/C25H33.C21H14.C5H5.2ClH.Zr/c1-15-13-21-19-11-7-8-12-20(19)24-18-10-6-5-9-17(18)14-22(24)23(21)16(2)25(15,3)4;1-3-7-20-14-16(9-11-18(20)5-1)13-17-10-12-19-6-2-4-8-21(19)15-17;1-2-4-5-3-1;;;/h5-6,9-10,15,19-21,24H,7-8,11-14H2,1-4H3;1-12,14-15H;1-5H;2*1H;/q;;;;;+2/p-2. The van der Waals surface area contributed by atoms with Crippen LogP contribution in [0.5, 0.6) is 0 Å². The van der Waals surface area contributed by atoms with Crippen molar-refractivity contribution in [2.24, 2.45) is 29.1 Å². The zero-order valence-corrected chi connectivity index (χ0v) is 36.1. The first-order chi connectivity index (χ1) is 25.3. The van der Waals surface area contributed by atoms with E-state index in [9.17, 15) is 0 Å². The SMILES string of the molecule is CC1CC2C(=C3Cc4ccccc4C3C3CCCCC23)[C](C)([Zr+2](=[C](c2ccc3ccccc3c2)c2ccc3ccccc3c2)[CH]2C=CC=C2)C1(C)C.[Cl-].[Cl-]. The molecule has 0 spiro atoms. The molecule has 5 aliphatic carbocycles. The summed E-state index contributed by atoms with van der Waals surface area (Å²) in [6.45, 7) is 10.9.